The molecule has 0 radical (unpaired) electrons. The number of ether oxygens (including phenoxy) is 2. The molecule has 1 fully saturated rings. The van der Waals surface area contributed by atoms with Crippen molar-refractivity contribution in [2.24, 2.45) is 0 Å². The van der Waals surface area contributed by atoms with Gasteiger partial charge in [0.25, 0.3) is 5.91 Å². The summed E-state index contributed by atoms with van der Waals surface area (Å²) in [5, 5.41) is 0. The first-order valence-corrected chi connectivity index (χ1v) is 10.2. The van der Waals surface area contributed by atoms with Gasteiger partial charge in [-0.2, -0.15) is 0 Å². The minimum atomic E-state index is -0.0404. The van der Waals surface area contributed by atoms with E-state index in [9.17, 15) is 4.79 Å². The third-order valence-corrected chi connectivity index (χ3v) is 5.07. The SMILES string of the molecule is O=C(c1ccc(OCC2CCCO2)cc1)N(Cc1ccncc1)Cc1cccnc1. The molecule has 2 aromatic heterocycles. The molecule has 1 aliphatic heterocycles. The number of aromatic nitrogens is 2. The van der Waals surface area contributed by atoms with Gasteiger partial charge in [0, 0.05) is 50.0 Å². The zero-order chi connectivity index (χ0) is 20.6. The lowest BCUT2D eigenvalue weighted by Crippen LogP contribution is -2.30. The molecular formula is C24H25N3O3. The number of hydrogen-bond acceptors (Lipinski definition) is 5. The lowest BCUT2D eigenvalue weighted by Gasteiger charge is -2.23. The lowest BCUT2D eigenvalue weighted by molar-refractivity contribution is 0.0678. The fraction of sp³-hybridized carbons (Fsp3) is 0.292. The summed E-state index contributed by atoms with van der Waals surface area (Å²) in [6.07, 6.45) is 9.29. The van der Waals surface area contributed by atoms with Crippen LogP contribution in [0.1, 0.15) is 34.3 Å². The summed E-state index contributed by atoms with van der Waals surface area (Å²) in [4.78, 5) is 23.3. The molecule has 1 aliphatic rings. The molecule has 6 heteroatoms. The van der Waals surface area contributed by atoms with Crippen LogP contribution in [-0.2, 0) is 17.8 Å². The highest BCUT2D eigenvalue weighted by atomic mass is 16.5. The average molecular weight is 403 g/mol. The largest absolute Gasteiger partial charge is 0.491 e. The Bertz CT molecular complexity index is 885. The molecule has 0 N–H and O–H groups in total. The van der Waals surface area contributed by atoms with Crippen molar-refractivity contribution in [2.75, 3.05) is 13.2 Å². The fourth-order valence-corrected chi connectivity index (χ4v) is 3.46. The van der Waals surface area contributed by atoms with Crippen molar-refractivity contribution in [1.82, 2.24) is 14.9 Å². The maximum absolute atomic E-state index is 13.3. The zero-order valence-electron chi connectivity index (χ0n) is 16.8. The molecule has 1 amide bonds. The Labute approximate surface area is 176 Å². The topological polar surface area (TPSA) is 64.6 Å². The Hall–Kier alpha value is -3.25. The Morgan fingerprint density at radius 3 is 2.50 bits per heavy atom. The van der Waals surface area contributed by atoms with E-state index in [4.69, 9.17) is 9.47 Å². The molecule has 30 heavy (non-hydrogen) atoms. The Morgan fingerprint density at radius 1 is 1.00 bits per heavy atom. The molecule has 0 spiro atoms. The highest BCUT2D eigenvalue weighted by molar-refractivity contribution is 5.94. The Balaban J connectivity index is 1.45. The van der Waals surface area contributed by atoms with Crippen LogP contribution in [0.2, 0.25) is 0 Å². The molecule has 3 aromatic rings. The summed E-state index contributed by atoms with van der Waals surface area (Å²) < 4.78 is 11.4. The number of hydrogen-bond donors (Lipinski definition) is 0. The van der Waals surface area contributed by atoms with E-state index in [0.717, 1.165) is 36.3 Å². The van der Waals surface area contributed by atoms with Gasteiger partial charge in [0.1, 0.15) is 12.4 Å². The highest BCUT2D eigenvalue weighted by Crippen LogP contribution is 2.19. The Morgan fingerprint density at radius 2 is 1.80 bits per heavy atom. The van der Waals surface area contributed by atoms with Gasteiger partial charge >= 0.3 is 0 Å². The average Bonchev–Trinajstić information content (AvgIpc) is 3.32. The summed E-state index contributed by atoms with van der Waals surface area (Å²) >= 11 is 0. The molecule has 1 saturated heterocycles. The molecule has 1 atom stereocenters. The van der Waals surface area contributed by atoms with Crippen LogP contribution in [0.4, 0.5) is 0 Å². The quantitative estimate of drug-likeness (QED) is 0.571. The van der Waals surface area contributed by atoms with Crippen molar-refractivity contribution >= 4 is 5.91 Å². The third kappa shape index (κ3) is 5.42. The molecule has 1 aromatic carbocycles. The second kappa shape index (κ2) is 9.98. The zero-order valence-corrected chi connectivity index (χ0v) is 16.8. The van der Waals surface area contributed by atoms with Crippen molar-refractivity contribution < 1.29 is 14.3 Å². The van der Waals surface area contributed by atoms with Gasteiger partial charge in [-0.3, -0.25) is 14.8 Å². The first-order chi connectivity index (χ1) is 14.8. The molecule has 4 rings (SSSR count). The predicted octanol–water partition coefficient (Wildman–Crippen LogP) is 3.88. The molecule has 1 unspecified atom stereocenters. The first kappa shape index (κ1) is 20.0. The van der Waals surface area contributed by atoms with Crippen LogP contribution in [-0.4, -0.2) is 40.1 Å². The van der Waals surface area contributed by atoms with E-state index in [0.29, 0.717) is 25.3 Å². The summed E-state index contributed by atoms with van der Waals surface area (Å²) in [6, 6.07) is 15.0. The lowest BCUT2D eigenvalue weighted by atomic mass is 10.1. The van der Waals surface area contributed by atoms with Gasteiger partial charge < -0.3 is 14.4 Å². The van der Waals surface area contributed by atoms with Gasteiger partial charge in [-0.1, -0.05) is 6.07 Å². The maximum atomic E-state index is 13.3. The van der Waals surface area contributed by atoms with Crippen molar-refractivity contribution in [2.45, 2.75) is 32.0 Å². The predicted molar refractivity (Wildman–Crippen MR) is 113 cm³/mol. The van der Waals surface area contributed by atoms with Gasteiger partial charge in [-0.15, -0.1) is 0 Å². The van der Waals surface area contributed by atoms with Gasteiger partial charge in [-0.05, 0) is 66.4 Å². The molecule has 3 heterocycles. The van der Waals surface area contributed by atoms with Crippen LogP contribution in [0.3, 0.4) is 0 Å². The van der Waals surface area contributed by atoms with E-state index in [2.05, 4.69) is 9.97 Å². The van der Waals surface area contributed by atoms with Crippen molar-refractivity contribution in [3.05, 3.63) is 90.0 Å². The number of nitrogens with zero attached hydrogens (tertiary/aromatic N) is 3. The second-order valence-electron chi connectivity index (χ2n) is 7.35. The number of amides is 1. The van der Waals surface area contributed by atoms with E-state index < -0.39 is 0 Å². The minimum absolute atomic E-state index is 0.0404. The van der Waals surface area contributed by atoms with Crippen LogP contribution in [0, 0.1) is 0 Å². The standard InChI is InChI=1S/C24H25N3O3/c28-24(21-5-7-22(8-6-21)30-18-23-4-2-14-29-23)27(16-19-9-12-25-13-10-19)17-20-3-1-11-26-15-20/h1,3,5-13,15,23H,2,4,14,16-18H2. The Kier molecular flexibility index (Phi) is 6.67. The van der Waals surface area contributed by atoms with E-state index in [-0.39, 0.29) is 12.0 Å². The van der Waals surface area contributed by atoms with Gasteiger partial charge in [0.05, 0.1) is 6.10 Å². The fourth-order valence-electron chi connectivity index (χ4n) is 3.46. The number of carbonyl (C=O) groups excluding carboxylic acids is 1. The van der Waals surface area contributed by atoms with Gasteiger partial charge in [0.2, 0.25) is 0 Å². The number of pyridine rings is 2. The van der Waals surface area contributed by atoms with Gasteiger partial charge in [-0.25, -0.2) is 0 Å². The smallest absolute Gasteiger partial charge is 0.254 e. The van der Waals surface area contributed by atoms with Crippen molar-refractivity contribution in [3.63, 3.8) is 0 Å². The molecular weight excluding hydrogens is 378 g/mol. The summed E-state index contributed by atoms with van der Waals surface area (Å²) in [6.45, 7) is 2.33. The number of carbonyl (C=O) groups is 1. The normalized spacial score (nSPS) is 15.7. The highest BCUT2D eigenvalue weighted by Gasteiger charge is 2.18. The summed E-state index contributed by atoms with van der Waals surface area (Å²) in [5.41, 5.74) is 2.63. The minimum Gasteiger partial charge on any atom is -0.491 e. The molecule has 0 bridgehead atoms. The summed E-state index contributed by atoms with van der Waals surface area (Å²) in [5.74, 6) is 0.705. The number of rotatable bonds is 8. The monoisotopic (exact) mass is 403 g/mol. The van der Waals surface area contributed by atoms with E-state index in [1.54, 1.807) is 24.8 Å². The molecule has 0 saturated carbocycles. The van der Waals surface area contributed by atoms with Crippen LogP contribution >= 0.6 is 0 Å². The first-order valence-electron chi connectivity index (χ1n) is 10.2. The number of benzene rings is 1. The molecule has 0 aliphatic carbocycles. The van der Waals surface area contributed by atoms with Crippen molar-refractivity contribution in [1.29, 1.82) is 0 Å². The third-order valence-electron chi connectivity index (χ3n) is 5.07. The van der Waals surface area contributed by atoms with Crippen LogP contribution < -0.4 is 4.74 Å². The van der Waals surface area contributed by atoms with Crippen LogP contribution in [0.5, 0.6) is 5.75 Å². The maximum Gasteiger partial charge on any atom is 0.254 e. The van der Waals surface area contributed by atoms with E-state index in [1.165, 1.54) is 0 Å². The molecule has 154 valence electrons. The van der Waals surface area contributed by atoms with Crippen molar-refractivity contribution in [3.8, 4) is 5.75 Å². The summed E-state index contributed by atoms with van der Waals surface area (Å²) in [7, 11) is 0. The van der Waals surface area contributed by atoms with Crippen LogP contribution in [0.15, 0.2) is 73.3 Å². The second-order valence-corrected chi connectivity index (χ2v) is 7.35. The van der Waals surface area contributed by atoms with Gasteiger partial charge in [0.15, 0.2) is 0 Å². The van der Waals surface area contributed by atoms with E-state index in [1.807, 2.05) is 53.4 Å². The van der Waals surface area contributed by atoms with E-state index >= 15 is 0 Å². The van der Waals surface area contributed by atoms with Crippen LogP contribution in [0.25, 0.3) is 0 Å². The molecule has 6 nitrogen and oxygen atoms in total.